The van der Waals surface area contributed by atoms with Gasteiger partial charge in [-0.3, -0.25) is 4.98 Å². The summed E-state index contributed by atoms with van der Waals surface area (Å²) >= 11 is 1.71. The largest absolute Gasteiger partial charge is 0.253 e. The van der Waals surface area contributed by atoms with Gasteiger partial charge >= 0.3 is 0 Å². The summed E-state index contributed by atoms with van der Waals surface area (Å²) in [6, 6.07) is 8.48. The summed E-state index contributed by atoms with van der Waals surface area (Å²) in [6.45, 7) is 2.13. The summed E-state index contributed by atoms with van der Waals surface area (Å²) in [5.74, 6) is 0. The van der Waals surface area contributed by atoms with Crippen LogP contribution in [-0.2, 0) is 6.42 Å². The molecule has 0 N–H and O–H groups in total. The van der Waals surface area contributed by atoms with E-state index in [4.69, 9.17) is 0 Å². The minimum absolute atomic E-state index is 1.12. The molecule has 0 amide bonds. The van der Waals surface area contributed by atoms with E-state index in [1.807, 2.05) is 11.7 Å². The average molecular weight is 189 g/mol. The standard InChI is InChI=1S/C6H4.C5H7NS/c1-2-6-4-3-5(1)6;1-2-5-3-6-4-7-5/h1-4H;3-4H,2H2,1H3. The molecular weight excluding hydrogens is 178 g/mol. The lowest BCUT2D eigenvalue weighted by Crippen LogP contribution is -1.85. The Hall–Kier alpha value is -1.15. The van der Waals surface area contributed by atoms with Gasteiger partial charge in [-0.15, -0.1) is 11.3 Å². The minimum Gasteiger partial charge on any atom is -0.253 e. The van der Waals surface area contributed by atoms with Crippen LogP contribution in [0.4, 0.5) is 0 Å². The number of hydrogen-bond donors (Lipinski definition) is 0. The zero-order valence-electron chi connectivity index (χ0n) is 7.53. The Morgan fingerprint density at radius 2 is 1.77 bits per heavy atom. The molecule has 0 saturated heterocycles. The van der Waals surface area contributed by atoms with Gasteiger partial charge in [-0.1, -0.05) is 31.2 Å². The molecule has 0 fully saturated rings. The van der Waals surface area contributed by atoms with Crippen LogP contribution in [-0.4, -0.2) is 4.98 Å². The molecule has 0 unspecified atom stereocenters. The first-order valence-electron chi connectivity index (χ1n) is 4.38. The topological polar surface area (TPSA) is 12.9 Å². The van der Waals surface area contributed by atoms with E-state index in [0.717, 1.165) is 6.42 Å². The molecule has 0 aliphatic heterocycles. The molecule has 3 rings (SSSR count). The van der Waals surface area contributed by atoms with Crippen LogP contribution in [0.3, 0.4) is 0 Å². The SMILES string of the molecule is CCc1cncs1.c1cc2ccc1-2. The Bertz CT molecular complexity index is 340. The predicted octanol–water partition coefficient (Wildman–Crippen LogP) is 3.37. The first-order valence-corrected chi connectivity index (χ1v) is 5.26. The Labute approximate surface area is 82.1 Å². The molecular formula is C11H11NS. The van der Waals surface area contributed by atoms with Crippen LogP contribution in [0.2, 0.25) is 0 Å². The van der Waals surface area contributed by atoms with Gasteiger partial charge in [-0.2, -0.15) is 0 Å². The molecule has 13 heavy (non-hydrogen) atoms. The monoisotopic (exact) mass is 189 g/mol. The van der Waals surface area contributed by atoms with Crippen molar-refractivity contribution in [2.75, 3.05) is 0 Å². The van der Waals surface area contributed by atoms with Crippen molar-refractivity contribution in [1.29, 1.82) is 0 Å². The lowest BCUT2D eigenvalue weighted by atomic mass is 9.95. The molecule has 1 aromatic rings. The first kappa shape index (κ1) is 8.45. The van der Waals surface area contributed by atoms with Gasteiger partial charge < -0.3 is 0 Å². The van der Waals surface area contributed by atoms with E-state index in [9.17, 15) is 0 Å². The zero-order valence-corrected chi connectivity index (χ0v) is 8.34. The molecule has 2 heteroatoms. The molecule has 0 aromatic carbocycles. The van der Waals surface area contributed by atoms with Gasteiger partial charge in [0, 0.05) is 11.1 Å². The number of fused-ring (bicyclic) bond motifs is 1. The maximum absolute atomic E-state index is 3.91. The molecule has 0 spiro atoms. The van der Waals surface area contributed by atoms with Crippen LogP contribution in [0.15, 0.2) is 36.0 Å². The van der Waals surface area contributed by atoms with Crippen LogP contribution < -0.4 is 0 Å². The number of rotatable bonds is 1. The normalized spacial score (nSPS) is 10.2. The second-order valence-corrected chi connectivity index (χ2v) is 3.87. The number of benzene rings is 1. The summed E-state index contributed by atoms with van der Waals surface area (Å²) < 4.78 is 0. The molecule has 66 valence electrons. The van der Waals surface area contributed by atoms with Gasteiger partial charge in [0.1, 0.15) is 0 Å². The summed E-state index contributed by atoms with van der Waals surface area (Å²) in [4.78, 5) is 5.27. The van der Waals surface area contributed by atoms with Crippen LogP contribution >= 0.6 is 11.3 Å². The number of aryl methyl sites for hydroxylation is 1. The molecule has 0 saturated carbocycles. The van der Waals surface area contributed by atoms with E-state index in [1.165, 1.54) is 16.0 Å². The van der Waals surface area contributed by atoms with Gasteiger partial charge in [0.15, 0.2) is 0 Å². The number of hydrogen-bond acceptors (Lipinski definition) is 2. The fourth-order valence-electron chi connectivity index (χ4n) is 1.08. The lowest BCUT2D eigenvalue weighted by Gasteiger charge is -2.10. The summed E-state index contributed by atoms with van der Waals surface area (Å²) in [7, 11) is 0. The molecule has 1 aromatic heterocycles. The highest BCUT2D eigenvalue weighted by molar-refractivity contribution is 7.09. The summed E-state index contributed by atoms with van der Waals surface area (Å²) in [6.07, 6.45) is 3.02. The van der Waals surface area contributed by atoms with Gasteiger partial charge in [0.2, 0.25) is 0 Å². The Morgan fingerprint density at radius 1 is 1.15 bits per heavy atom. The molecule has 1 nitrogen and oxygen atoms in total. The molecule has 0 bridgehead atoms. The Balaban J connectivity index is 0.000000101. The van der Waals surface area contributed by atoms with Gasteiger partial charge in [0.25, 0.3) is 0 Å². The average Bonchev–Trinajstić information content (AvgIpc) is 2.64. The van der Waals surface area contributed by atoms with E-state index < -0.39 is 0 Å². The third kappa shape index (κ3) is 1.78. The summed E-state index contributed by atoms with van der Waals surface area (Å²) in [5, 5.41) is 0. The van der Waals surface area contributed by atoms with Crippen molar-refractivity contribution < 1.29 is 0 Å². The van der Waals surface area contributed by atoms with Crippen molar-refractivity contribution in [2.24, 2.45) is 0 Å². The first-order chi connectivity index (χ1) is 6.40. The summed E-state index contributed by atoms with van der Waals surface area (Å²) in [5.41, 5.74) is 4.71. The smallest absolute Gasteiger partial charge is 0.0794 e. The zero-order chi connectivity index (χ0) is 9.10. The fourth-order valence-corrected chi connectivity index (χ4v) is 1.62. The third-order valence-corrected chi connectivity index (χ3v) is 2.97. The highest BCUT2D eigenvalue weighted by atomic mass is 32.1. The van der Waals surface area contributed by atoms with Crippen molar-refractivity contribution in [1.82, 2.24) is 4.98 Å². The molecule has 0 atom stereocenters. The predicted molar refractivity (Wildman–Crippen MR) is 56.9 cm³/mol. The van der Waals surface area contributed by atoms with E-state index in [2.05, 4.69) is 36.2 Å². The van der Waals surface area contributed by atoms with Gasteiger partial charge in [-0.25, -0.2) is 0 Å². The quantitative estimate of drug-likeness (QED) is 0.572. The lowest BCUT2D eigenvalue weighted by molar-refractivity contribution is 1.17. The van der Waals surface area contributed by atoms with Crippen molar-refractivity contribution in [3.63, 3.8) is 0 Å². The maximum atomic E-state index is 3.91. The molecule has 1 heterocycles. The van der Waals surface area contributed by atoms with Gasteiger partial charge in [-0.05, 0) is 17.5 Å². The fraction of sp³-hybridized carbons (Fsp3) is 0.182. The van der Waals surface area contributed by atoms with Crippen molar-refractivity contribution in [3.05, 3.63) is 40.8 Å². The van der Waals surface area contributed by atoms with Crippen molar-refractivity contribution >= 4 is 11.3 Å². The molecule has 0 radical (unpaired) electrons. The minimum atomic E-state index is 1.12. The number of thiazole rings is 1. The highest BCUT2D eigenvalue weighted by Crippen LogP contribution is 2.29. The Morgan fingerprint density at radius 3 is 1.92 bits per heavy atom. The highest BCUT2D eigenvalue weighted by Gasteiger charge is 2.03. The second kappa shape index (κ2) is 3.71. The number of nitrogens with zero attached hydrogens (tertiary/aromatic N) is 1. The van der Waals surface area contributed by atoms with Crippen molar-refractivity contribution in [3.8, 4) is 11.1 Å². The van der Waals surface area contributed by atoms with Crippen LogP contribution in [0.1, 0.15) is 11.8 Å². The van der Waals surface area contributed by atoms with Crippen molar-refractivity contribution in [2.45, 2.75) is 13.3 Å². The van der Waals surface area contributed by atoms with Gasteiger partial charge in [0.05, 0.1) is 5.51 Å². The molecule has 2 aliphatic carbocycles. The van der Waals surface area contributed by atoms with Crippen LogP contribution in [0, 0.1) is 0 Å². The van der Waals surface area contributed by atoms with E-state index in [0.29, 0.717) is 0 Å². The van der Waals surface area contributed by atoms with E-state index in [1.54, 1.807) is 11.3 Å². The van der Waals surface area contributed by atoms with Crippen LogP contribution in [0.25, 0.3) is 11.1 Å². The van der Waals surface area contributed by atoms with Crippen LogP contribution in [0.5, 0.6) is 0 Å². The van der Waals surface area contributed by atoms with E-state index in [-0.39, 0.29) is 0 Å². The number of aromatic nitrogens is 1. The Kier molecular flexibility index (Phi) is 2.41. The van der Waals surface area contributed by atoms with E-state index >= 15 is 0 Å². The molecule has 2 aliphatic rings. The maximum Gasteiger partial charge on any atom is 0.0794 e. The second-order valence-electron chi connectivity index (χ2n) is 2.90. The third-order valence-electron chi connectivity index (χ3n) is 2.05.